The number of fused-ring (bicyclic) bond motifs is 1. The number of nitrogen functional groups attached to an aromatic ring is 1. The number of carbonyl (C=O) groups is 2. The first-order chi connectivity index (χ1) is 9.99. The number of aliphatic imine (C=N–C) groups is 1. The molecule has 4 N–H and O–H groups in total. The van der Waals surface area contributed by atoms with Crippen LogP contribution in [-0.2, 0) is 9.59 Å². The summed E-state index contributed by atoms with van der Waals surface area (Å²) in [6.45, 7) is 1.72. The third-order valence-corrected chi connectivity index (χ3v) is 3.84. The molecule has 2 aliphatic heterocycles. The molecule has 110 valence electrons. The van der Waals surface area contributed by atoms with E-state index >= 15 is 0 Å². The highest BCUT2D eigenvalue weighted by Crippen LogP contribution is 2.38. The maximum Gasteiger partial charge on any atom is 0.249 e. The monoisotopic (exact) mass is 288 g/mol. The Morgan fingerprint density at radius 2 is 2.19 bits per heavy atom. The van der Waals surface area contributed by atoms with E-state index in [2.05, 4.69) is 10.3 Å². The molecule has 21 heavy (non-hydrogen) atoms. The summed E-state index contributed by atoms with van der Waals surface area (Å²) in [6.07, 6.45) is -0.469. The predicted octanol–water partition coefficient (Wildman–Crippen LogP) is 0.430. The molecule has 1 aromatic carbocycles. The zero-order chi connectivity index (χ0) is 15.1. The lowest BCUT2D eigenvalue weighted by Crippen LogP contribution is -2.55. The third kappa shape index (κ3) is 2.15. The zero-order valence-corrected chi connectivity index (χ0v) is 11.5. The van der Waals surface area contributed by atoms with Gasteiger partial charge in [-0.05, 0) is 25.5 Å². The van der Waals surface area contributed by atoms with Gasteiger partial charge >= 0.3 is 0 Å². The van der Waals surface area contributed by atoms with Crippen molar-refractivity contribution < 1.29 is 14.7 Å². The molecule has 1 fully saturated rings. The number of imide groups is 1. The van der Waals surface area contributed by atoms with Gasteiger partial charge in [0.25, 0.3) is 0 Å². The van der Waals surface area contributed by atoms with Gasteiger partial charge in [0.05, 0.1) is 5.69 Å². The van der Waals surface area contributed by atoms with Crippen molar-refractivity contribution in [1.29, 1.82) is 0 Å². The topological polar surface area (TPSA) is 108 Å². The fraction of sp³-hybridized carbons (Fsp3) is 0.357. The van der Waals surface area contributed by atoms with Crippen LogP contribution >= 0.6 is 0 Å². The molecule has 2 heterocycles. The van der Waals surface area contributed by atoms with E-state index in [-0.39, 0.29) is 12.3 Å². The Labute approximate surface area is 121 Å². The number of hydrogen-bond acceptors (Lipinski definition) is 6. The summed E-state index contributed by atoms with van der Waals surface area (Å²) < 4.78 is 0. The number of anilines is 1. The van der Waals surface area contributed by atoms with Crippen LogP contribution in [0.5, 0.6) is 0 Å². The number of carbonyl (C=O) groups excluding carboxylic acids is 2. The van der Waals surface area contributed by atoms with E-state index in [1.807, 2.05) is 0 Å². The van der Waals surface area contributed by atoms with Crippen molar-refractivity contribution in [3.05, 3.63) is 23.8 Å². The van der Waals surface area contributed by atoms with Crippen LogP contribution in [0.25, 0.3) is 0 Å². The molecule has 2 aliphatic rings. The van der Waals surface area contributed by atoms with Gasteiger partial charge in [0.2, 0.25) is 11.8 Å². The highest BCUT2D eigenvalue weighted by Gasteiger charge is 2.39. The number of rotatable bonds is 1. The molecule has 0 aliphatic carbocycles. The summed E-state index contributed by atoms with van der Waals surface area (Å²) >= 11 is 0. The quantitative estimate of drug-likeness (QED) is 0.513. The highest BCUT2D eigenvalue weighted by molar-refractivity contribution is 6.02. The molecule has 2 atom stereocenters. The van der Waals surface area contributed by atoms with Crippen molar-refractivity contribution >= 4 is 29.0 Å². The number of amidine groups is 1. The minimum atomic E-state index is -1.05. The van der Waals surface area contributed by atoms with Gasteiger partial charge in [0, 0.05) is 17.7 Å². The Kier molecular flexibility index (Phi) is 3.13. The van der Waals surface area contributed by atoms with Gasteiger partial charge in [-0.2, -0.15) is 0 Å². The molecule has 7 heteroatoms. The number of benzene rings is 1. The number of aliphatic hydroxyl groups is 1. The minimum Gasteiger partial charge on any atom is -0.398 e. The largest absolute Gasteiger partial charge is 0.398 e. The third-order valence-electron chi connectivity index (χ3n) is 3.84. The van der Waals surface area contributed by atoms with Crippen molar-refractivity contribution in [1.82, 2.24) is 10.2 Å². The number of nitrogens with one attached hydrogen (secondary N) is 1. The minimum absolute atomic E-state index is 0.240. The molecule has 0 bridgehead atoms. The van der Waals surface area contributed by atoms with E-state index < -0.39 is 18.2 Å². The Morgan fingerprint density at radius 3 is 2.90 bits per heavy atom. The molecular weight excluding hydrogens is 272 g/mol. The molecule has 3 rings (SSSR count). The SMILES string of the molecule is CC1=Nc2cccc(N)c2C(O)N1C1CCC(=O)NC1=O. The molecular formula is C14H16N4O3. The van der Waals surface area contributed by atoms with Crippen molar-refractivity contribution in [3.8, 4) is 0 Å². The summed E-state index contributed by atoms with van der Waals surface area (Å²) in [7, 11) is 0. The van der Waals surface area contributed by atoms with E-state index in [1.165, 1.54) is 4.90 Å². The number of piperidine rings is 1. The fourth-order valence-electron chi connectivity index (χ4n) is 2.84. The summed E-state index contributed by atoms with van der Waals surface area (Å²) in [4.78, 5) is 29.2. The van der Waals surface area contributed by atoms with E-state index in [9.17, 15) is 14.7 Å². The zero-order valence-electron chi connectivity index (χ0n) is 11.5. The van der Waals surface area contributed by atoms with E-state index in [0.717, 1.165) is 0 Å². The Bertz CT molecular complexity index is 656. The Hall–Kier alpha value is -2.41. The second-order valence-electron chi connectivity index (χ2n) is 5.19. The van der Waals surface area contributed by atoms with Crippen LogP contribution in [-0.4, -0.2) is 33.7 Å². The lowest BCUT2D eigenvalue weighted by Gasteiger charge is -2.40. The van der Waals surface area contributed by atoms with E-state index in [4.69, 9.17) is 5.73 Å². The fourth-order valence-corrected chi connectivity index (χ4v) is 2.84. The molecule has 0 spiro atoms. The number of nitrogens with zero attached hydrogens (tertiary/aromatic N) is 2. The van der Waals surface area contributed by atoms with Gasteiger partial charge in [0.15, 0.2) is 6.23 Å². The average molecular weight is 288 g/mol. The molecule has 2 unspecified atom stereocenters. The number of amides is 2. The standard InChI is InChI=1S/C14H16N4O3/c1-7-16-9-4-2-3-8(15)12(9)14(21)18(7)10-5-6-11(19)17-13(10)20/h2-4,10,14,21H,5-6,15H2,1H3,(H,17,19,20). The van der Waals surface area contributed by atoms with Gasteiger partial charge in [-0.3, -0.25) is 14.9 Å². The maximum atomic E-state index is 12.0. The summed E-state index contributed by atoms with van der Waals surface area (Å²) in [5, 5.41) is 12.9. The Morgan fingerprint density at radius 1 is 1.43 bits per heavy atom. The molecule has 2 amide bonds. The summed E-state index contributed by atoms with van der Waals surface area (Å²) in [6, 6.07) is 4.58. The van der Waals surface area contributed by atoms with Crippen LogP contribution in [0.1, 0.15) is 31.6 Å². The van der Waals surface area contributed by atoms with Crippen molar-refractivity contribution in [2.24, 2.45) is 4.99 Å². The number of nitrogens with two attached hydrogens (primary N) is 1. The molecule has 7 nitrogen and oxygen atoms in total. The molecule has 0 saturated carbocycles. The molecule has 0 radical (unpaired) electrons. The normalized spacial score (nSPS) is 25.2. The smallest absolute Gasteiger partial charge is 0.249 e. The van der Waals surface area contributed by atoms with Crippen LogP contribution in [0.3, 0.4) is 0 Å². The lowest BCUT2D eigenvalue weighted by atomic mass is 9.99. The van der Waals surface area contributed by atoms with Crippen LogP contribution in [0.15, 0.2) is 23.2 Å². The second-order valence-corrected chi connectivity index (χ2v) is 5.19. The van der Waals surface area contributed by atoms with Crippen molar-refractivity contribution in [2.75, 3.05) is 5.73 Å². The van der Waals surface area contributed by atoms with Gasteiger partial charge in [0.1, 0.15) is 11.9 Å². The summed E-state index contributed by atoms with van der Waals surface area (Å²) in [5.41, 5.74) is 7.43. The molecule has 1 aromatic rings. The van der Waals surface area contributed by atoms with Crippen LogP contribution in [0.2, 0.25) is 0 Å². The lowest BCUT2D eigenvalue weighted by molar-refractivity contribution is -0.139. The van der Waals surface area contributed by atoms with E-state index in [0.29, 0.717) is 29.2 Å². The van der Waals surface area contributed by atoms with Gasteiger partial charge in [-0.1, -0.05) is 6.07 Å². The average Bonchev–Trinajstić information content (AvgIpc) is 2.40. The summed E-state index contributed by atoms with van der Waals surface area (Å²) in [5.74, 6) is -0.190. The van der Waals surface area contributed by atoms with Crippen molar-refractivity contribution in [2.45, 2.75) is 32.0 Å². The first-order valence-corrected chi connectivity index (χ1v) is 6.73. The van der Waals surface area contributed by atoms with Gasteiger partial charge in [-0.25, -0.2) is 4.99 Å². The first-order valence-electron chi connectivity index (χ1n) is 6.73. The highest BCUT2D eigenvalue weighted by atomic mass is 16.3. The molecule has 1 saturated heterocycles. The first kappa shape index (κ1) is 13.6. The van der Waals surface area contributed by atoms with Gasteiger partial charge < -0.3 is 15.7 Å². The Balaban J connectivity index is 2.00. The van der Waals surface area contributed by atoms with E-state index in [1.54, 1.807) is 25.1 Å². The van der Waals surface area contributed by atoms with Crippen LogP contribution in [0, 0.1) is 0 Å². The molecule has 0 aromatic heterocycles. The van der Waals surface area contributed by atoms with Crippen LogP contribution < -0.4 is 11.1 Å². The van der Waals surface area contributed by atoms with Crippen LogP contribution in [0.4, 0.5) is 11.4 Å². The maximum absolute atomic E-state index is 12.0. The second kappa shape index (κ2) is 4.85. The predicted molar refractivity (Wildman–Crippen MR) is 76.6 cm³/mol. The number of aliphatic hydroxyl groups excluding tert-OH is 1. The number of hydrogen-bond donors (Lipinski definition) is 3. The van der Waals surface area contributed by atoms with Gasteiger partial charge in [-0.15, -0.1) is 0 Å². The van der Waals surface area contributed by atoms with Crippen molar-refractivity contribution in [3.63, 3.8) is 0 Å².